The third-order valence-electron chi connectivity index (χ3n) is 4.83. The molecular weight excluding hydrogens is 410 g/mol. The van der Waals surface area contributed by atoms with Gasteiger partial charge in [0.05, 0.1) is 21.3 Å². The number of aryl methyl sites for hydroxylation is 2. The number of hydrogen-bond acceptors (Lipinski definition) is 6. The molecule has 158 valence electrons. The first-order valence-corrected chi connectivity index (χ1v) is 9.49. The van der Waals surface area contributed by atoms with E-state index in [9.17, 15) is 9.59 Å². The molecule has 8 heteroatoms. The van der Waals surface area contributed by atoms with Gasteiger partial charge in [-0.25, -0.2) is 4.79 Å². The van der Waals surface area contributed by atoms with Gasteiger partial charge in [-0.3, -0.25) is 4.79 Å². The van der Waals surface area contributed by atoms with Crippen LogP contribution in [0.5, 0.6) is 17.2 Å². The number of fused-ring (bicyclic) bond motifs is 1. The third kappa shape index (κ3) is 3.93. The van der Waals surface area contributed by atoms with Gasteiger partial charge in [-0.05, 0) is 48.7 Å². The fourth-order valence-corrected chi connectivity index (χ4v) is 3.53. The molecule has 30 heavy (non-hydrogen) atoms. The molecule has 0 atom stereocenters. The van der Waals surface area contributed by atoms with E-state index in [-0.39, 0.29) is 12.5 Å². The van der Waals surface area contributed by atoms with Crippen molar-refractivity contribution in [2.24, 2.45) is 0 Å². The second kappa shape index (κ2) is 8.67. The summed E-state index contributed by atoms with van der Waals surface area (Å²) in [7, 11) is 4.44. The number of hydrogen-bond donors (Lipinski definition) is 1. The Kier molecular flexibility index (Phi) is 6.22. The number of methoxy groups -OCH3 is 3. The van der Waals surface area contributed by atoms with Gasteiger partial charge >= 0.3 is 5.63 Å². The van der Waals surface area contributed by atoms with E-state index in [1.165, 1.54) is 27.4 Å². The predicted octanol–water partition coefficient (Wildman–Crippen LogP) is 4.02. The van der Waals surface area contributed by atoms with Crippen LogP contribution in [0.2, 0.25) is 5.02 Å². The maximum absolute atomic E-state index is 12.8. The summed E-state index contributed by atoms with van der Waals surface area (Å²) in [6, 6.07) is 6.19. The lowest BCUT2D eigenvalue weighted by molar-refractivity contribution is 0.0950. The van der Waals surface area contributed by atoms with Crippen molar-refractivity contribution in [3.8, 4) is 17.2 Å². The minimum Gasteiger partial charge on any atom is -0.493 e. The summed E-state index contributed by atoms with van der Waals surface area (Å²) in [5, 5.41) is 4.12. The fourth-order valence-electron chi connectivity index (χ4n) is 3.38. The van der Waals surface area contributed by atoms with E-state index < -0.39 is 5.63 Å². The van der Waals surface area contributed by atoms with Gasteiger partial charge in [0.25, 0.3) is 5.91 Å². The molecule has 1 N–H and O–H groups in total. The number of amides is 1. The molecule has 2 aromatic carbocycles. The van der Waals surface area contributed by atoms with E-state index in [1.54, 1.807) is 18.2 Å². The lowest BCUT2D eigenvalue weighted by atomic mass is 10.0. The van der Waals surface area contributed by atoms with Crippen LogP contribution in [0.25, 0.3) is 11.0 Å². The molecule has 0 aliphatic rings. The number of nitrogens with one attached hydrogen (secondary N) is 1. The molecule has 0 unspecified atom stereocenters. The molecule has 1 amide bonds. The quantitative estimate of drug-likeness (QED) is 0.593. The van der Waals surface area contributed by atoms with Crippen LogP contribution in [0.3, 0.4) is 0 Å². The van der Waals surface area contributed by atoms with Crippen molar-refractivity contribution in [2.75, 3.05) is 21.3 Å². The zero-order valence-electron chi connectivity index (χ0n) is 17.3. The van der Waals surface area contributed by atoms with Crippen molar-refractivity contribution >= 4 is 28.5 Å². The normalized spacial score (nSPS) is 10.7. The second-order valence-electron chi connectivity index (χ2n) is 6.69. The Labute approximate surface area is 178 Å². The SMILES string of the molecule is COc1cc(C(=O)NCc2cc(=O)oc3cc(C)c(Cl)c(C)c23)cc(OC)c1OC. The van der Waals surface area contributed by atoms with Crippen molar-refractivity contribution < 1.29 is 23.4 Å². The van der Waals surface area contributed by atoms with Crippen LogP contribution in [0.15, 0.2) is 33.5 Å². The van der Waals surface area contributed by atoms with Crippen molar-refractivity contribution in [1.82, 2.24) is 5.32 Å². The molecule has 0 bridgehead atoms. The summed E-state index contributed by atoms with van der Waals surface area (Å²) in [5.41, 5.74) is 2.46. The van der Waals surface area contributed by atoms with Crippen molar-refractivity contribution in [3.05, 3.63) is 62.0 Å². The predicted molar refractivity (Wildman–Crippen MR) is 114 cm³/mol. The number of ether oxygens (including phenoxy) is 3. The van der Waals surface area contributed by atoms with Crippen LogP contribution in [0.1, 0.15) is 27.0 Å². The van der Waals surface area contributed by atoms with Crippen LogP contribution >= 0.6 is 11.6 Å². The largest absolute Gasteiger partial charge is 0.493 e. The zero-order chi connectivity index (χ0) is 22.0. The highest BCUT2D eigenvalue weighted by Crippen LogP contribution is 2.38. The van der Waals surface area contributed by atoms with E-state index in [0.717, 1.165) is 11.1 Å². The molecule has 1 heterocycles. The van der Waals surface area contributed by atoms with Crippen molar-refractivity contribution in [2.45, 2.75) is 20.4 Å². The third-order valence-corrected chi connectivity index (χ3v) is 5.42. The molecule has 0 saturated carbocycles. The first-order valence-electron chi connectivity index (χ1n) is 9.11. The van der Waals surface area contributed by atoms with Crippen molar-refractivity contribution in [3.63, 3.8) is 0 Å². The van der Waals surface area contributed by atoms with Gasteiger partial charge < -0.3 is 23.9 Å². The highest BCUT2D eigenvalue weighted by Gasteiger charge is 2.18. The Bertz CT molecular complexity index is 1160. The summed E-state index contributed by atoms with van der Waals surface area (Å²) in [4.78, 5) is 24.8. The summed E-state index contributed by atoms with van der Waals surface area (Å²) in [6.45, 7) is 3.80. The summed E-state index contributed by atoms with van der Waals surface area (Å²) >= 11 is 6.38. The second-order valence-corrected chi connectivity index (χ2v) is 7.07. The molecule has 7 nitrogen and oxygen atoms in total. The highest BCUT2D eigenvalue weighted by molar-refractivity contribution is 6.33. The first kappa shape index (κ1) is 21.5. The van der Waals surface area contributed by atoms with E-state index in [1.807, 2.05) is 13.8 Å². The standard InChI is InChI=1S/C22H22ClNO6/c1-11-6-15-19(12(2)20(11)23)14(9-18(25)30-15)10-24-22(26)13-7-16(27-3)21(29-5)17(8-13)28-4/h6-9H,10H2,1-5H3,(H,24,26). The topological polar surface area (TPSA) is 87.0 Å². The first-order chi connectivity index (χ1) is 14.3. The lowest BCUT2D eigenvalue weighted by Gasteiger charge is -2.15. The van der Waals surface area contributed by atoms with Gasteiger partial charge in [-0.1, -0.05) is 11.6 Å². The van der Waals surface area contributed by atoms with Gasteiger partial charge in [-0.2, -0.15) is 0 Å². The highest BCUT2D eigenvalue weighted by atomic mass is 35.5. The summed E-state index contributed by atoms with van der Waals surface area (Å²) < 4.78 is 21.2. The Morgan fingerprint density at radius 3 is 2.23 bits per heavy atom. The van der Waals surface area contributed by atoms with Gasteiger partial charge in [0.1, 0.15) is 5.58 Å². The van der Waals surface area contributed by atoms with Crippen molar-refractivity contribution in [1.29, 1.82) is 0 Å². The maximum atomic E-state index is 12.8. The summed E-state index contributed by atoms with van der Waals surface area (Å²) in [5.74, 6) is 0.757. The van der Waals surface area contributed by atoms with E-state index in [0.29, 0.717) is 44.4 Å². The zero-order valence-corrected chi connectivity index (χ0v) is 18.1. The molecule has 0 fully saturated rings. The van der Waals surface area contributed by atoms with Crippen LogP contribution in [0.4, 0.5) is 0 Å². The molecule has 3 rings (SSSR count). The van der Waals surface area contributed by atoms with Gasteiger partial charge in [0, 0.05) is 28.6 Å². The Hall–Kier alpha value is -3.19. The Morgan fingerprint density at radius 2 is 1.67 bits per heavy atom. The van der Waals surface area contributed by atoms with E-state index in [4.69, 9.17) is 30.2 Å². The number of carbonyl (C=O) groups excluding carboxylic acids is 1. The minimum atomic E-state index is -0.499. The van der Waals surface area contributed by atoms with Gasteiger partial charge in [0.2, 0.25) is 5.75 Å². The molecule has 0 radical (unpaired) electrons. The maximum Gasteiger partial charge on any atom is 0.336 e. The van der Waals surface area contributed by atoms with Crippen LogP contribution in [-0.2, 0) is 6.54 Å². The Balaban J connectivity index is 1.96. The Morgan fingerprint density at radius 1 is 1.03 bits per heavy atom. The average molecular weight is 432 g/mol. The van der Waals surface area contributed by atoms with E-state index >= 15 is 0 Å². The molecule has 0 spiro atoms. The van der Waals surface area contributed by atoms with Gasteiger partial charge in [-0.15, -0.1) is 0 Å². The molecule has 0 saturated heterocycles. The number of rotatable bonds is 6. The smallest absolute Gasteiger partial charge is 0.336 e. The molecule has 0 aliphatic heterocycles. The molecule has 1 aromatic heterocycles. The monoisotopic (exact) mass is 431 g/mol. The van der Waals surface area contributed by atoms with Crippen LogP contribution < -0.4 is 25.2 Å². The fraction of sp³-hybridized carbons (Fsp3) is 0.273. The van der Waals surface area contributed by atoms with Gasteiger partial charge in [0.15, 0.2) is 11.5 Å². The van der Waals surface area contributed by atoms with Crippen LogP contribution in [-0.4, -0.2) is 27.2 Å². The minimum absolute atomic E-state index is 0.109. The molecule has 0 aliphatic carbocycles. The van der Waals surface area contributed by atoms with E-state index in [2.05, 4.69) is 5.32 Å². The van der Waals surface area contributed by atoms with Crippen LogP contribution in [0, 0.1) is 13.8 Å². The average Bonchev–Trinajstić information content (AvgIpc) is 2.74. The molecule has 3 aromatic rings. The number of halogens is 1. The lowest BCUT2D eigenvalue weighted by Crippen LogP contribution is -2.24. The summed E-state index contributed by atoms with van der Waals surface area (Å²) in [6.07, 6.45) is 0. The number of benzene rings is 2. The number of carbonyl (C=O) groups is 1. The molecular formula is C22H22ClNO6.